The van der Waals surface area contributed by atoms with Gasteiger partial charge < -0.3 is 9.52 Å². The number of nitrogens with zero attached hydrogens (tertiary/aromatic N) is 2. The van der Waals surface area contributed by atoms with Crippen molar-refractivity contribution in [1.29, 1.82) is 5.26 Å². The maximum atomic E-state index is 9.39. The molecule has 3 aromatic rings. The molecule has 0 unspecified atom stereocenters. The number of hydrogen-bond acceptors (Lipinski definition) is 5. The minimum atomic E-state index is -1.23. The number of hydrogen-bond donors (Lipinski definition) is 1. The molecule has 0 spiro atoms. The highest BCUT2D eigenvalue weighted by Crippen LogP contribution is 2.32. The third-order valence-electron chi connectivity index (χ3n) is 2.77. The van der Waals surface area contributed by atoms with Crippen molar-refractivity contribution < 1.29 is 9.52 Å². The number of thiazole rings is 1. The van der Waals surface area contributed by atoms with Gasteiger partial charge in [-0.2, -0.15) is 5.26 Å². The highest BCUT2D eigenvalue weighted by molar-refractivity contribution is 7.21. The molecule has 0 radical (unpaired) electrons. The van der Waals surface area contributed by atoms with E-state index in [4.69, 9.17) is 9.68 Å². The van der Waals surface area contributed by atoms with Gasteiger partial charge in [0, 0.05) is 0 Å². The molecule has 5 heteroatoms. The van der Waals surface area contributed by atoms with Crippen molar-refractivity contribution in [3.05, 3.63) is 41.7 Å². The zero-order valence-electron chi connectivity index (χ0n) is 10.1. The van der Waals surface area contributed by atoms with E-state index in [1.807, 2.05) is 19.1 Å². The van der Waals surface area contributed by atoms with Crippen molar-refractivity contribution >= 4 is 21.6 Å². The fourth-order valence-corrected chi connectivity index (χ4v) is 2.84. The zero-order chi connectivity index (χ0) is 13.4. The predicted octanol–water partition coefficient (Wildman–Crippen LogP) is 3.42. The Bertz CT molecular complexity index is 782. The summed E-state index contributed by atoms with van der Waals surface area (Å²) in [7, 11) is 0. The number of benzene rings is 1. The maximum absolute atomic E-state index is 9.39. The van der Waals surface area contributed by atoms with E-state index in [0.29, 0.717) is 5.76 Å². The first-order valence-corrected chi connectivity index (χ1v) is 6.54. The van der Waals surface area contributed by atoms with E-state index in [-0.39, 0.29) is 5.76 Å². The molecule has 0 aliphatic heterocycles. The molecule has 1 aromatic carbocycles. The molecule has 1 atom stereocenters. The lowest BCUT2D eigenvalue weighted by atomic mass is 10.2. The standard InChI is InChI=1S/C14H10N2O2S/c1-8-2-3-9-13(6-8)19-14(16-9)12-5-4-11(18-12)10(17)7-15/h2-6,10,17H,1H3/t10-/m0/s1. The Labute approximate surface area is 113 Å². The lowest BCUT2D eigenvalue weighted by Gasteiger charge is -1.94. The number of rotatable bonds is 2. The van der Waals surface area contributed by atoms with Gasteiger partial charge in [0.2, 0.25) is 0 Å². The van der Waals surface area contributed by atoms with Crippen molar-refractivity contribution in [2.45, 2.75) is 13.0 Å². The van der Waals surface area contributed by atoms with E-state index in [2.05, 4.69) is 11.1 Å². The lowest BCUT2D eigenvalue weighted by Crippen LogP contribution is -1.88. The van der Waals surface area contributed by atoms with Crippen LogP contribution in [0.3, 0.4) is 0 Å². The Morgan fingerprint density at radius 3 is 3.00 bits per heavy atom. The molecule has 0 bridgehead atoms. The maximum Gasteiger partial charge on any atom is 0.198 e. The van der Waals surface area contributed by atoms with Crippen LogP contribution in [-0.2, 0) is 0 Å². The van der Waals surface area contributed by atoms with Gasteiger partial charge in [-0.05, 0) is 36.8 Å². The van der Waals surface area contributed by atoms with Gasteiger partial charge in [-0.3, -0.25) is 0 Å². The van der Waals surface area contributed by atoms with E-state index < -0.39 is 6.10 Å². The Morgan fingerprint density at radius 2 is 2.21 bits per heavy atom. The van der Waals surface area contributed by atoms with Crippen LogP contribution in [0.25, 0.3) is 21.0 Å². The normalized spacial score (nSPS) is 12.5. The fourth-order valence-electron chi connectivity index (χ4n) is 1.82. The topological polar surface area (TPSA) is 70.1 Å². The van der Waals surface area contributed by atoms with Crippen LogP contribution >= 0.6 is 11.3 Å². The fraction of sp³-hybridized carbons (Fsp3) is 0.143. The van der Waals surface area contributed by atoms with Gasteiger partial charge in [0.25, 0.3) is 0 Å². The molecular formula is C14H10N2O2S. The van der Waals surface area contributed by atoms with E-state index in [1.54, 1.807) is 18.2 Å². The van der Waals surface area contributed by atoms with E-state index in [0.717, 1.165) is 15.2 Å². The first kappa shape index (κ1) is 11.9. The largest absolute Gasteiger partial charge is 0.455 e. The van der Waals surface area contributed by atoms with Crippen LogP contribution < -0.4 is 0 Å². The van der Waals surface area contributed by atoms with Crippen LogP contribution in [0.5, 0.6) is 0 Å². The number of aliphatic hydroxyl groups is 1. The SMILES string of the molecule is Cc1ccc2nc(-c3ccc([C@@H](O)C#N)o3)sc2c1. The van der Waals surface area contributed by atoms with Crippen LogP contribution in [0.4, 0.5) is 0 Å². The van der Waals surface area contributed by atoms with Gasteiger partial charge in [0.05, 0.1) is 10.2 Å². The Balaban J connectivity index is 2.04. The summed E-state index contributed by atoms with van der Waals surface area (Å²) in [4.78, 5) is 4.48. The molecule has 0 aliphatic carbocycles. The van der Waals surface area contributed by atoms with Gasteiger partial charge in [0.15, 0.2) is 16.9 Å². The summed E-state index contributed by atoms with van der Waals surface area (Å²) < 4.78 is 6.55. The molecule has 1 N–H and O–H groups in total. The molecule has 3 rings (SSSR count). The molecule has 0 saturated carbocycles. The summed E-state index contributed by atoms with van der Waals surface area (Å²) in [6, 6.07) is 11.1. The average molecular weight is 270 g/mol. The predicted molar refractivity (Wildman–Crippen MR) is 72.6 cm³/mol. The Hall–Kier alpha value is -2.16. The first-order chi connectivity index (χ1) is 9.17. The summed E-state index contributed by atoms with van der Waals surface area (Å²) in [6.45, 7) is 2.03. The quantitative estimate of drug-likeness (QED) is 0.724. The van der Waals surface area contributed by atoms with Crippen molar-refractivity contribution in [3.8, 4) is 16.8 Å². The molecule has 2 heterocycles. The van der Waals surface area contributed by atoms with Crippen molar-refractivity contribution in [3.63, 3.8) is 0 Å². The second-order valence-corrected chi connectivity index (χ2v) is 5.25. The van der Waals surface area contributed by atoms with E-state index in [1.165, 1.54) is 16.9 Å². The number of fused-ring (bicyclic) bond motifs is 1. The zero-order valence-corrected chi connectivity index (χ0v) is 10.9. The number of aryl methyl sites for hydroxylation is 1. The van der Waals surface area contributed by atoms with Gasteiger partial charge >= 0.3 is 0 Å². The van der Waals surface area contributed by atoms with E-state index >= 15 is 0 Å². The first-order valence-electron chi connectivity index (χ1n) is 5.72. The van der Waals surface area contributed by atoms with Crippen LogP contribution in [0.15, 0.2) is 34.7 Å². The molecule has 94 valence electrons. The van der Waals surface area contributed by atoms with Gasteiger partial charge in [0.1, 0.15) is 11.8 Å². The third kappa shape index (κ3) is 2.12. The van der Waals surface area contributed by atoms with Crippen molar-refractivity contribution in [2.75, 3.05) is 0 Å². The summed E-state index contributed by atoms with van der Waals surface area (Å²) in [5.41, 5.74) is 2.10. The molecule has 4 nitrogen and oxygen atoms in total. The van der Waals surface area contributed by atoms with Crippen molar-refractivity contribution in [2.24, 2.45) is 0 Å². The molecule has 19 heavy (non-hydrogen) atoms. The minimum Gasteiger partial charge on any atom is -0.455 e. The van der Waals surface area contributed by atoms with Crippen LogP contribution in [0, 0.1) is 18.3 Å². The van der Waals surface area contributed by atoms with Crippen molar-refractivity contribution in [1.82, 2.24) is 4.98 Å². The minimum absolute atomic E-state index is 0.243. The second-order valence-electron chi connectivity index (χ2n) is 4.22. The molecule has 0 amide bonds. The molecule has 0 fully saturated rings. The molecular weight excluding hydrogens is 260 g/mol. The third-order valence-corrected chi connectivity index (χ3v) is 3.81. The van der Waals surface area contributed by atoms with Crippen LogP contribution in [-0.4, -0.2) is 10.1 Å². The highest BCUT2D eigenvalue weighted by atomic mass is 32.1. The summed E-state index contributed by atoms with van der Waals surface area (Å²) in [5, 5.41) is 18.8. The van der Waals surface area contributed by atoms with Gasteiger partial charge in [-0.25, -0.2) is 4.98 Å². The lowest BCUT2D eigenvalue weighted by molar-refractivity contribution is 0.205. The number of nitriles is 1. The molecule has 0 aliphatic rings. The smallest absolute Gasteiger partial charge is 0.198 e. The molecule has 0 saturated heterocycles. The van der Waals surface area contributed by atoms with Crippen LogP contribution in [0.1, 0.15) is 17.4 Å². The number of aromatic nitrogens is 1. The molecule has 2 aromatic heterocycles. The van der Waals surface area contributed by atoms with E-state index in [9.17, 15) is 5.11 Å². The number of aliphatic hydroxyl groups excluding tert-OH is 1. The van der Waals surface area contributed by atoms with Gasteiger partial charge in [-0.15, -0.1) is 11.3 Å². The number of furan rings is 1. The monoisotopic (exact) mass is 270 g/mol. The average Bonchev–Trinajstić information content (AvgIpc) is 3.03. The Kier molecular flexibility index (Phi) is 2.82. The second kappa shape index (κ2) is 4.50. The highest BCUT2D eigenvalue weighted by Gasteiger charge is 2.14. The van der Waals surface area contributed by atoms with Crippen LogP contribution in [0.2, 0.25) is 0 Å². The Morgan fingerprint density at radius 1 is 1.37 bits per heavy atom. The van der Waals surface area contributed by atoms with Gasteiger partial charge in [-0.1, -0.05) is 6.07 Å². The summed E-state index contributed by atoms with van der Waals surface area (Å²) in [6.07, 6.45) is -1.23. The summed E-state index contributed by atoms with van der Waals surface area (Å²) >= 11 is 1.53. The summed E-state index contributed by atoms with van der Waals surface area (Å²) in [5.74, 6) is 0.816.